The minimum atomic E-state index is -0.304. The molecule has 1 fully saturated rings. The van der Waals surface area contributed by atoms with Crippen molar-refractivity contribution in [3.63, 3.8) is 0 Å². The largest absolute Gasteiger partial charge is 0.496 e. The lowest BCUT2D eigenvalue weighted by atomic mass is 9.98. The number of benzene rings is 1. The van der Waals surface area contributed by atoms with Crippen molar-refractivity contribution in [1.82, 2.24) is 5.32 Å². The van der Waals surface area contributed by atoms with Crippen LogP contribution in [0.4, 0.5) is 4.39 Å². The predicted molar refractivity (Wildman–Crippen MR) is 85.3 cm³/mol. The number of hydrogen-bond donors (Lipinski definition) is 1. The van der Waals surface area contributed by atoms with E-state index in [0.29, 0.717) is 10.2 Å². The Hall–Kier alpha value is -0.650. The van der Waals surface area contributed by atoms with Crippen molar-refractivity contribution < 1.29 is 13.9 Å². The molecule has 5 heteroatoms. The first-order valence-electron chi connectivity index (χ1n) is 7.53. The summed E-state index contributed by atoms with van der Waals surface area (Å²) in [6.45, 7) is 3.89. The van der Waals surface area contributed by atoms with E-state index < -0.39 is 0 Å². The van der Waals surface area contributed by atoms with E-state index in [2.05, 4.69) is 28.2 Å². The van der Waals surface area contributed by atoms with Crippen LogP contribution in [-0.2, 0) is 4.74 Å². The van der Waals surface area contributed by atoms with E-state index in [1.54, 1.807) is 7.11 Å². The van der Waals surface area contributed by atoms with Crippen molar-refractivity contribution in [1.29, 1.82) is 0 Å². The van der Waals surface area contributed by atoms with Crippen LogP contribution in [0.15, 0.2) is 16.6 Å². The molecule has 0 bridgehead atoms. The Morgan fingerprint density at radius 3 is 2.95 bits per heavy atom. The zero-order chi connectivity index (χ0) is 15.2. The average molecular weight is 360 g/mol. The van der Waals surface area contributed by atoms with Gasteiger partial charge in [0, 0.05) is 24.3 Å². The zero-order valence-corrected chi connectivity index (χ0v) is 14.2. The van der Waals surface area contributed by atoms with Crippen LogP contribution in [0, 0.1) is 5.82 Å². The van der Waals surface area contributed by atoms with Gasteiger partial charge >= 0.3 is 0 Å². The molecule has 1 aromatic rings. The minimum absolute atomic E-state index is 0.111. The predicted octanol–water partition coefficient (Wildman–Crippen LogP) is 4.21. The number of hydrogen-bond acceptors (Lipinski definition) is 3. The summed E-state index contributed by atoms with van der Waals surface area (Å²) in [6, 6.07) is 3.37. The van der Waals surface area contributed by atoms with Crippen molar-refractivity contribution in [3.05, 3.63) is 28.0 Å². The molecule has 1 aromatic carbocycles. The summed E-state index contributed by atoms with van der Waals surface area (Å²) in [5.74, 6) is 0.282. The summed E-state index contributed by atoms with van der Waals surface area (Å²) >= 11 is 3.27. The van der Waals surface area contributed by atoms with Gasteiger partial charge in [-0.3, -0.25) is 0 Å². The quantitative estimate of drug-likeness (QED) is 0.790. The monoisotopic (exact) mass is 359 g/mol. The number of halogens is 2. The molecule has 21 heavy (non-hydrogen) atoms. The SMILES string of the molecule is CCCNC(CC1CCCO1)c1cc(Br)c(F)cc1OC. The van der Waals surface area contributed by atoms with Gasteiger partial charge in [0.15, 0.2) is 0 Å². The zero-order valence-electron chi connectivity index (χ0n) is 12.6. The highest BCUT2D eigenvalue weighted by Crippen LogP contribution is 2.34. The summed E-state index contributed by atoms with van der Waals surface area (Å²) in [5, 5.41) is 3.53. The lowest BCUT2D eigenvalue weighted by Crippen LogP contribution is -2.26. The molecule has 2 unspecified atom stereocenters. The van der Waals surface area contributed by atoms with Gasteiger partial charge in [-0.05, 0) is 54.2 Å². The molecule has 1 aliphatic rings. The van der Waals surface area contributed by atoms with Gasteiger partial charge in [0.25, 0.3) is 0 Å². The average Bonchev–Trinajstić information content (AvgIpc) is 2.99. The molecule has 0 saturated carbocycles. The Morgan fingerprint density at radius 1 is 1.52 bits per heavy atom. The molecule has 0 radical (unpaired) electrons. The molecule has 1 heterocycles. The summed E-state index contributed by atoms with van der Waals surface area (Å²) in [4.78, 5) is 0. The fourth-order valence-corrected chi connectivity index (χ4v) is 3.09. The van der Waals surface area contributed by atoms with E-state index in [4.69, 9.17) is 9.47 Å². The van der Waals surface area contributed by atoms with E-state index in [-0.39, 0.29) is 18.0 Å². The van der Waals surface area contributed by atoms with Gasteiger partial charge in [0.05, 0.1) is 17.7 Å². The molecule has 3 nitrogen and oxygen atoms in total. The van der Waals surface area contributed by atoms with Gasteiger partial charge < -0.3 is 14.8 Å². The third-order valence-electron chi connectivity index (χ3n) is 3.81. The van der Waals surface area contributed by atoms with Crippen LogP contribution >= 0.6 is 15.9 Å². The first-order valence-corrected chi connectivity index (χ1v) is 8.33. The molecule has 0 aromatic heterocycles. The summed E-state index contributed by atoms with van der Waals surface area (Å²) in [6.07, 6.45) is 4.42. The number of ether oxygens (including phenoxy) is 2. The topological polar surface area (TPSA) is 30.5 Å². The third kappa shape index (κ3) is 4.41. The van der Waals surface area contributed by atoms with Crippen molar-refractivity contribution in [2.75, 3.05) is 20.3 Å². The van der Waals surface area contributed by atoms with Gasteiger partial charge in [-0.1, -0.05) is 6.92 Å². The van der Waals surface area contributed by atoms with Crippen LogP contribution in [0.5, 0.6) is 5.75 Å². The molecule has 0 amide bonds. The second kappa shape index (κ2) is 8.11. The van der Waals surface area contributed by atoms with Crippen LogP contribution in [0.3, 0.4) is 0 Å². The van der Waals surface area contributed by atoms with Crippen molar-refractivity contribution in [2.24, 2.45) is 0 Å². The highest BCUT2D eigenvalue weighted by atomic mass is 79.9. The Morgan fingerprint density at radius 2 is 2.33 bits per heavy atom. The Balaban J connectivity index is 2.23. The molecule has 1 saturated heterocycles. The first-order chi connectivity index (χ1) is 10.2. The highest BCUT2D eigenvalue weighted by molar-refractivity contribution is 9.10. The minimum Gasteiger partial charge on any atom is -0.496 e. The maximum atomic E-state index is 13.7. The number of methoxy groups -OCH3 is 1. The maximum absolute atomic E-state index is 13.7. The fraction of sp³-hybridized carbons (Fsp3) is 0.625. The first kappa shape index (κ1) is 16.7. The second-order valence-corrected chi connectivity index (χ2v) is 6.24. The Labute approximate surface area is 134 Å². The molecular weight excluding hydrogens is 337 g/mol. The molecule has 1 N–H and O–H groups in total. The fourth-order valence-electron chi connectivity index (χ4n) is 2.73. The lowest BCUT2D eigenvalue weighted by Gasteiger charge is -2.24. The van der Waals surface area contributed by atoms with Crippen LogP contribution in [-0.4, -0.2) is 26.4 Å². The van der Waals surface area contributed by atoms with E-state index >= 15 is 0 Å². The van der Waals surface area contributed by atoms with Crippen molar-refractivity contribution in [3.8, 4) is 5.75 Å². The van der Waals surface area contributed by atoms with Gasteiger partial charge in [-0.2, -0.15) is 0 Å². The molecule has 1 aliphatic heterocycles. The lowest BCUT2D eigenvalue weighted by molar-refractivity contribution is 0.0943. The molecule has 2 atom stereocenters. The third-order valence-corrected chi connectivity index (χ3v) is 4.42. The standard InChI is InChI=1S/C16H23BrFNO2/c1-3-6-19-15(8-11-5-4-7-21-11)12-9-13(17)14(18)10-16(12)20-2/h9-11,15,19H,3-8H2,1-2H3. The summed E-state index contributed by atoms with van der Waals surface area (Å²) in [7, 11) is 1.58. The summed E-state index contributed by atoms with van der Waals surface area (Å²) < 4.78 is 25.3. The van der Waals surface area contributed by atoms with Gasteiger partial charge in [-0.25, -0.2) is 4.39 Å². The number of rotatable bonds is 7. The molecule has 0 aliphatic carbocycles. The maximum Gasteiger partial charge on any atom is 0.141 e. The van der Waals surface area contributed by atoms with E-state index in [0.717, 1.165) is 44.4 Å². The molecule has 0 spiro atoms. The Kier molecular flexibility index (Phi) is 6.45. The molecular formula is C16H23BrFNO2. The van der Waals surface area contributed by atoms with Gasteiger partial charge in [0.1, 0.15) is 11.6 Å². The van der Waals surface area contributed by atoms with Gasteiger partial charge in [0.2, 0.25) is 0 Å². The molecule has 118 valence electrons. The number of nitrogens with one attached hydrogen (secondary N) is 1. The smallest absolute Gasteiger partial charge is 0.141 e. The second-order valence-electron chi connectivity index (χ2n) is 5.39. The summed E-state index contributed by atoms with van der Waals surface area (Å²) in [5.41, 5.74) is 0.981. The van der Waals surface area contributed by atoms with Crippen molar-refractivity contribution in [2.45, 2.75) is 44.8 Å². The van der Waals surface area contributed by atoms with E-state index in [1.165, 1.54) is 6.07 Å². The van der Waals surface area contributed by atoms with Crippen LogP contribution in [0.25, 0.3) is 0 Å². The van der Waals surface area contributed by atoms with E-state index in [1.807, 2.05) is 6.07 Å². The van der Waals surface area contributed by atoms with Crippen LogP contribution in [0.2, 0.25) is 0 Å². The van der Waals surface area contributed by atoms with Crippen LogP contribution in [0.1, 0.15) is 44.2 Å². The molecule has 2 rings (SSSR count). The van der Waals surface area contributed by atoms with Crippen LogP contribution < -0.4 is 10.1 Å². The Bertz CT molecular complexity index is 464. The normalized spacial score (nSPS) is 19.7. The van der Waals surface area contributed by atoms with Crippen molar-refractivity contribution >= 4 is 15.9 Å². The van der Waals surface area contributed by atoms with Gasteiger partial charge in [-0.15, -0.1) is 0 Å². The van der Waals surface area contributed by atoms with E-state index in [9.17, 15) is 4.39 Å². The highest BCUT2D eigenvalue weighted by Gasteiger charge is 2.24.